The quantitative estimate of drug-likeness (QED) is 0.636. The van der Waals surface area contributed by atoms with E-state index in [4.69, 9.17) is 4.74 Å². The van der Waals surface area contributed by atoms with Gasteiger partial charge in [-0.15, -0.1) is 0 Å². The van der Waals surface area contributed by atoms with E-state index in [0.717, 1.165) is 10.8 Å². The summed E-state index contributed by atoms with van der Waals surface area (Å²) in [5.41, 5.74) is 0.666. The van der Waals surface area contributed by atoms with Crippen molar-refractivity contribution in [2.45, 2.75) is 30.7 Å². The number of aromatic hydroxyl groups is 1. The van der Waals surface area contributed by atoms with E-state index in [-0.39, 0.29) is 16.2 Å². The van der Waals surface area contributed by atoms with Gasteiger partial charge in [-0.1, -0.05) is 40.2 Å². The van der Waals surface area contributed by atoms with Gasteiger partial charge in [-0.2, -0.15) is 0 Å². The SMILES string of the molecule is CC1(C)Oc2c(c(O)c(C=O)c3ccccc23)C[C@@H]1Br. The van der Waals surface area contributed by atoms with E-state index in [1.807, 2.05) is 38.1 Å². The van der Waals surface area contributed by atoms with Crippen LogP contribution in [0, 0.1) is 0 Å². The van der Waals surface area contributed by atoms with Gasteiger partial charge in [0.15, 0.2) is 6.29 Å². The zero-order valence-electron chi connectivity index (χ0n) is 11.3. The number of alkyl halides is 1. The van der Waals surface area contributed by atoms with Gasteiger partial charge in [0, 0.05) is 10.9 Å². The first-order valence-electron chi connectivity index (χ1n) is 6.50. The van der Waals surface area contributed by atoms with Crippen LogP contribution in [-0.2, 0) is 6.42 Å². The van der Waals surface area contributed by atoms with Crippen LogP contribution in [0.1, 0.15) is 29.8 Å². The Morgan fingerprint density at radius 3 is 2.65 bits per heavy atom. The minimum absolute atomic E-state index is 0.0358. The van der Waals surface area contributed by atoms with E-state index in [9.17, 15) is 9.90 Å². The summed E-state index contributed by atoms with van der Waals surface area (Å²) in [6, 6.07) is 7.51. The van der Waals surface area contributed by atoms with Crippen molar-refractivity contribution < 1.29 is 14.6 Å². The monoisotopic (exact) mass is 334 g/mol. The molecule has 0 amide bonds. The van der Waals surface area contributed by atoms with Crippen molar-refractivity contribution in [1.29, 1.82) is 0 Å². The molecule has 0 bridgehead atoms. The molecular weight excluding hydrogens is 320 g/mol. The molecule has 104 valence electrons. The van der Waals surface area contributed by atoms with Gasteiger partial charge in [-0.3, -0.25) is 4.79 Å². The van der Waals surface area contributed by atoms with Crippen molar-refractivity contribution >= 4 is 33.0 Å². The molecule has 0 radical (unpaired) electrons. The Bertz CT molecular complexity index is 706. The summed E-state index contributed by atoms with van der Waals surface area (Å²) >= 11 is 3.60. The summed E-state index contributed by atoms with van der Waals surface area (Å²) in [6.07, 6.45) is 1.33. The molecule has 3 rings (SSSR count). The standard InChI is InChI=1S/C16H15BrO3/c1-16(2)13(17)7-11-14(19)12(8-18)9-5-3-4-6-10(9)15(11)20-16/h3-6,8,13,19H,7H2,1-2H3/t13-/m0/s1. The highest BCUT2D eigenvalue weighted by atomic mass is 79.9. The summed E-state index contributed by atoms with van der Waals surface area (Å²) in [6.45, 7) is 4.02. The van der Waals surface area contributed by atoms with Crippen LogP contribution in [0.2, 0.25) is 0 Å². The average molecular weight is 335 g/mol. The van der Waals surface area contributed by atoms with Crippen molar-refractivity contribution in [3.8, 4) is 11.5 Å². The van der Waals surface area contributed by atoms with Crippen LogP contribution in [0.5, 0.6) is 11.5 Å². The van der Waals surface area contributed by atoms with Crippen LogP contribution >= 0.6 is 15.9 Å². The lowest BCUT2D eigenvalue weighted by molar-refractivity contribution is 0.0947. The molecule has 2 aromatic rings. The lowest BCUT2D eigenvalue weighted by atomic mass is 9.89. The second-order valence-corrected chi connectivity index (χ2v) is 6.72. The third kappa shape index (κ3) is 1.82. The largest absolute Gasteiger partial charge is 0.507 e. The number of halogens is 1. The van der Waals surface area contributed by atoms with Crippen molar-refractivity contribution in [3.63, 3.8) is 0 Å². The third-order valence-electron chi connectivity index (χ3n) is 3.90. The number of carbonyl (C=O) groups is 1. The first-order valence-corrected chi connectivity index (χ1v) is 7.42. The molecule has 0 saturated heterocycles. The number of aldehydes is 1. The first-order chi connectivity index (χ1) is 9.45. The van der Waals surface area contributed by atoms with Crippen LogP contribution < -0.4 is 4.74 Å². The molecular formula is C16H15BrO3. The maximum atomic E-state index is 11.3. The van der Waals surface area contributed by atoms with Crippen molar-refractivity contribution in [2.75, 3.05) is 0 Å². The smallest absolute Gasteiger partial charge is 0.154 e. The molecule has 1 aliphatic rings. The molecule has 0 spiro atoms. The highest BCUT2D eigenvalue weighted by molar-refractivity contribution is 9.09. The third-order valence-corrected chi connectivity index (χ3v) is 5.32. The Hall–Kier alpha value is -1.55. The van der Waals surface area contributed by atoms with Crippen molar-refractivity contribution in [3.05, 3.63) is 35.4 Å². The maximum absolute atomic E-state index is 11.3. The predicted octanol–water partition coefficient (Wildman–Crippen LogP) is 3.83. The molecule has 4 heteroatoms. The highest BCUT2D eigenvalue weighted by Crippen LogP contribution is 2.46. The summed E-state index contributed by atoms with van der Waals surface area (Å²) in [7, 11) is 0. The second-order valence-electron chi connectivity index (χ2n) is 5.61. The van der Waals surface area contributed by atoms with Gasteiger partial charge in [0.2, 0.25) is 0 Å². The average Bonchev–Trinajstić information content (AvgIpc) is 2.42. The Morgan fingerprint density at radius 1 is 1.35 bits per heavy atom. The van der Waals surface area contributed by atoms with Gasteiger partial charge < -0.3 is 9.84 Å². The van der Waals surface area contributed by atoms with Crippen LogP contribution in [0.15, 0.2) is 24.3 Å². The minimum Gasteiger partial charge on any atom is -0.507 e. The van der Waals surface area contributed by atoms with Crippen molar-refractivity contribution in [2.24, 2.45) is 0 Å². The minimum atomic E-state index is -0.370. The fraction of sp³-hybridized carbons (Fsp3) is 0.312. The first kappa shape index (κ1) is 13.4. The highest BCUT2D eigenvalue weighted by Gasteiger charge is 2.38. The molecule has 1 N–H and O–H groups in total. The van der Waals surface area contributed by atoms with Crippen LogP contribution in [0.25, 0.3) is 10.8 Å². The molecule has 3 nitrogen and oxygen atoms in total. The van der Waals surface area contributed by atoms with E-state index in [1.165, 1.54) is 0 Å². The molecule has 1 aliphatic heterocycles. The molecule has 20 heavy (non-hydrogen) atoms. The Morgan fingerprint density at radius 2 is 2.00 bits per heavy atom. The van der Waals surface area contributed by atoms with Crippen LogP contribution in [0.3, 0.4) is 0 Å². The lowest BCUT2D eigenvalue weighted by Gasteiger charge is -2.38. The zero-order chi connectivity index (χ0) is 14.5. The number of phenolic OH excluding ortho intramolecular Hbond substituents is 1. The van der Waals surface area contributed by atoms with E-state index in [0.29, 0.717) is 29.6 Å². The van der Waals surface area contributed by atoms with Gasteiger partial charge in [-0.25, -0.2) is 0 Å². The van der Waals surface area contributed by atoms with E-state index < -0.39 is 0 Å². The normalized spacial score (nSPS) is 20.2. The summed E-state index contributed by atoms with van der Waals surface area (Å²) in [5.74, 6) is 0.720. The second kappa shape index (κ2) is 4.48. The molecule has 1 heterocycles. The number of ether oxygens (including phenoxy) is 1. The summed E-state index contributed by atoms with van der Waals surface area (Å²) in [5, 5.41) is 12.0. The predicted molar refractivity (Wildman–Crippen MR) is 82.1 cm³/mol. The van der Waals surface area contributed by atoms with Gasteiger partial charge in [-0.05, 0) is 25.7 Å². The Balaban J connectivity index is 2.39. The fourth-order valence-corrected chi connectivity index (χ4v) is 3.07. The molecule has 2 aromatic carbocycles. The molecule has 1 atom stereocenters. The zero-order valence-corrected chi connectivity index (χ0v) is 12.9. The number of fused-ring (bicyclic) bond motifs is 3. The van der Waals surface area contributed by atoms with Gasteiger partial charge >= 0.3 is 0 Å². The number of hydrogen-bond acceptors (Lipinski definition) is 3. The van der Waals surface area contributed by atoms with E-state index in [1.54, 1.807) is 0 Å². The summed E-state index contributed by atoms with van der Waals surface area (Å²) < 4.78 is 6.10. The van der Waals surface area contributed by atoms with E-state index in [2.05, 4.69) is 15.9 Å². The molecule has 0 fully saturated rings. The lowest BCUT2D eigenvalue weighted by Crippen LogP contribution is -2.43. The Labute approximate surface area is 125 Å². The van der Waals surface area contributed by atoms with Crippen LogP contribution in [-0.4, -0.2) is 21.8 Å². The van der Waals surface area contributed by atoms with Gasteiger partial charge in [0.05, 0.1) is 10.4 Å². The number of phenols is 1. The van der Waals surface area contributed by atoms with Gasteiger partial charge in [0.25, 0.3) is 0 Å². The van der Waals surface area contributed by atoms with E-state index >= 15 is 0 Å². The Kier molecular flexibility index (Phi) is 3.01. The maximum Gasteiger partial charge on any atom is 0.154 e. The summed E-state index contributed by atoms with van der Waals surface area (Å²) in [4.78, 5) is 11.4. The van der Waals surface area contributed by atoms with Crippen LogP contribution in [0.4, 0.5) is 0 Å². The van der Waals surface area contributed by atoms with Gasteiger partial charge in [0.1, 0.15) is 17.1 Å². The molecule has 0 unspecified atom stereocenters. The molecule has 0 aliphatic carbocycles. The molecule has 0 aromatic heterocycles. The topological polar surface area (TPSA) is 46.5 Å². The fourth-order valence-electron chi connectivity index (χ4n) is 2.65. The number of hydrogen-bond donors (Lipinski definition) is 1. The number of rotatable bonds is 1. The number of benzene rings is 2. The van der Waals surface area contributed by atoms with Crippen molar-refractivity contribution in [1.82, 2.24) is 0 Å². The number of carbonyl (C=O) groups excluding carboxylic acids is 1. The molecule has 0 saturated carbocycles.